The molecule has 0 saturated carbocycles. The van der Waals surface area contributed by atoms with Gasteiger partial charge in [-0.15, -0.1) is 0 Å². The fourth-order valence-corrected chi connectivity index (χ4v) is 4.36. The first-order valence-electron chi connectivity index (χ1n) is 10.6. The molecule has 0 unspecified atom stereocenters. The number of nitrogens with zero attached hydrogens (tertiary/aromatic N) is 3. The van der Waals surface area contributed by atoms with Crippen molar-refractivity contribution in [2.75, 3.05) is 6.54 Å². The Balaban J connectivity index is 1.67. The molecule has 0 N–H and O–H groups in total. The smallest absolute Gasteiger partial charge is 0.273 e. The van der Waals surface area contributed by atoms with Crippen LogP contribution >= 0.6 is 11.6 Å². The maximum Gasteiger partial charge on any atom is 0.273 e. The van der Waals surface area contributed by atoms with E-state index in [4.69, 9.17) is 11.6 Å². The Bertz CT molecular complexity index is 1220. The molecule has 174 valence electrons. The third kappa shape index (κ3) is 4.34. The van der Waals surface area contributed by atoms with Gasteiger partial charge in [0.25, 0.3) is 23.4 Å². The Labute approximate surface area is 199 Å². The zero-order valence-electron chi connectivity index (χ0n) is 18.1. The van der Waals surface area contributed by atoms with Crippen LogP contribution in [0.25, 0.3) is 0 Å². The number of hydrogen-bond donors (Lipinski definition) is 0. The van der Waals surface area contributed by atoms with Gasteiger partial charge in [-0.1, -0.05) is 23.3 Å². The van der Waals surface area contributed by atoms with Crippen LogP contribution in [0.15, 0.2) is 60.2 Å². The number of benzene rings is 2. The molecule has 1 heterocycles. The Morgan fingerprint density at radius 2 is 1.62 bits per heavy atom. The van der Waals surface area contributed by atoms with Gasteiger partial charge in [-0.2, -0.15) is 5.01 Å². The number of Topliss-reactive ketones (excluding diaryl/α,β-unsaturated/α-hetero) is 1. The second kappa shape index (κ2) is 9.18. The molecule has 4 rings (SSSR count). The molecule has 1 aliphatic heterocycles. The number of hydrazine groups is 1. The maximum atomic E-state index is 13.4. The summed E-state index contributed by atoms with van der Waals surface area (Å²) in [5, 5.41) is 12.9. The number of allylic oxidation sites excluding steroid dienone is 2. The lowest BCUT2D eigenvalue weighted by molar-refractivity contribution is -0.384. The van der Waals surface area contributed by atoms with Crippen molar-refractivity contribution in [3.8, 4) is 0 Å². The molecule has 0 bridgehead atoms. The number of imide groups is 1. The standard InChI is InChI=1S/C24H20ClN3O6/c1-14-2-11-19-20(12-14)24(32)27(23(19)31)26(22(30)16-3-7-17(25)8-4-16)13-21(29)15-5-9-18(10-6-15)28(33)34/h2-10,19-20H,11-13H2,1H3/t19-,20+/m0/s1. The van der Waals surface area contributed by atoms with Crippen LogP contribution in [0.1, 0.15) is 40.5 Å². The summed E-state index contributed by atoms with van der Waals surface area (Å²) in [6, 6.07) is 10.8. The summed E-state index contributed by atoms with van der Waals surface area (Å²) in [5.74, 6) is -3.53. The topological polar surface area (TPSA) is 118 Å². The molecule has 2 atom stereocenters. The summed E-state index contributed by atoms with van der Waals surface area (Å²) in [6.07, 6.45) is 2.70. The molecule has 0 spiro atoms. The van der Waals surface area contributed by atoms with Crippen LogP contribution in [0.4, 0.5) is 5.69 Å². The molecule has 9 nitrogen and oxygen atoms in total. The Morgan fingerprint density at radius 3 is 2.24 bits per heavy atom. The lowest BCUT2D eigenvalue weighted by atomic mass is 9.82. The number of carbonyl (C=O) groups is 4. The van der Waals surface area contributed by atoms with Crippen LogP contribution in [0.2, 0.25) is 5.02 Å². The molecule has 1 fully saturated rings. The number of carbonyl (C=O) groups excluding carboxylic acids is 4. The number of halogens is 1. The van der Waals surface area contributed by atoms with E-state index in [0.29, 0.717) is 17.9 Å². The summed E-state index contributed by atoms with van der Waals surface area (Å²) in [5.41, 5.74) is 1.04. The van der Waals surface area contributed by atoms with Crippen molar-refractivity contribution < 1.29 is 24.1 Å². The third-order valence-corrected chi connectivity index (χ3v) is 6.31. The highest BCUT2D eigenvalue weighted by molar-refractivity contribution is 6.30. The number of hydrogen-bond acceptors (Lipinski definition) is 6. The van der Waals surface area contributed by atoms with E-state index in [0.717, 1.165) is 15.6 Å². The van der Waals surface area contributed by atoms with Crippen molar-refractivity contribution >= 4 is 40.8 Å². The minimum Gasteiger partial charge on any atom is -0.292 e. The highest BCUT2D eigenvalue weighted by Crippen LogP contribution is 2.38. The van der Waals surface area contributed by atoms with E-state index in [1.807, 2.05) is 13.0 Å². The second-order valence-corrected chi connectivity index (χ2v) is 8.72. The molecular weight excluding hydrogens is 462 g/mol. The van der Waals surface area contributed by atoms with Gasteiger partial charge in [0.05, 0.1) is 16.8 Å². The number of amides is 3. The normalized spacial score (nSPS) is 19.5. The second-order valence-electron chi connectivity index (χ2n) is 8.29. The number of rotatable bonds is 6. The lowest BCUT2D eigenvalue weighted by Crippen LogP contribution is -2.52. The zero-order valence-corrected chi connectivity index (χ0v) is 18.9. The van der Waals surface area contributed by atoms with Crippen LogP contribution in [-0.4, -0.2) is 45.0 Å². The van der Waals surface area contributed by atoms with Crippen molar-refractivity contribution in [2.45, 2.75) is 19.8 Å². The molecule has 2 aliphatic rings. The predicted octanol–water partition coefficient (Wildman–Crippen LogP) is 3.83. The summed E-state index contributed by atoms with van der Waals surface area (Å²) >= 11 is 5.91. The average Bonchev–Trinajstić information content (AvgIpc) is 3.06. The van der Waals surface area contributed by atoms with Crippen LogP contribution in [0, 0.1) is 22.0 Å². The fourth-order valence-electron chi connectivity index (χ4n) is 4.23. The highest BCUT2D eigenvalue weighted by atomic mass is 35.5. The molecule has 10 heteroatoms. The molecule has 3 amide bonds. The number of fused-ring (bicyclic) bond motifs is 1. The quantitative estimate of drug-likeness (QED) is 0.203. The van der Waals surface area contributed by atoms with E-state index >= 15 is 0 Å². The first-order valence-corrected chi connectivity index (χ1v) is 10.9. The van der Waals surface area contributed by atoms with Crippen molar-refractivity contribution in [2.24, 2.45) is 11.8 Å². The number of non-ortho nitro benzene ring substituents is 1. The monoisotopic (exact) mass is 481 g/mol. The van der Waals surface area contributed by atoms with E-state index in [1.165, 1.54) is 48.5 Å². The van der Waals surface area contributed by atoms with Crippen LogP contribution in [0.3, 0.4) is 0 Å². The Hall–Kier alpha value is -3.85. The minimum absolute atomic E-state index is 0.105. The maximum absolute atomic E-state index is 13.4. The van der Waals surface area contributed by atoms with E-state index in [2.05, 4.69) is 0 Å². The minimum atomic E-state index is -0.711. The van der Waals surface area contributed by atoms with Crippen molar-refractivity contribution in [1.29, 1.82) is 0 Å². The molecular formula is C24H20ClN3O6. The van der Waals surface area contributed by atoms with E-state index < -0.39 is 46.8 Å². The van der Waals surface area contributed by atoms with Gasteiger partial charge in [-0.05, 0) is 56.2 Å². The SMILES string of the molecule is CC1=CC[C@@H]2C(=O)N(N(CC(=O)c3ccc([N+](=O)[O-])cc3)C(=O)c3ccc(Cl)cc3)C(=O)[C@@H]2C1. The molecule has 0 radical (unpaired) electrons. The molecule has 1 aliphatic carbocycles. The predicted molar refractivity (Wildman–Crippen MR) is 122 cm³/mol. The van der Waals surface area contributed by atoms with Crippen molar-refractivity contribution in [3.63, 3.8) is 0 Å². The van der Waals surface area contributed by atoms with Gasteiger partial charge in [0.15, 0.2) is 5.78 Å². The summed E-state index contributed by atoms with van der Waals surface area (Å²) in [6.45, 7) is 1.29. The van der Waals surface area contributed by atoms with Crippen LogP contribution in [-0.2, 0) is 9.59 Å². The van der Waals surface area contributed by atoms with E-state index in [9.17, 15) is 29.3 Å². The third-order valence-electron chi connectivity index (χ3n) is 6.06. The van der Waals surface area contributed by atoms with Gasteiger partial charge < -0.3 is 0 Å². The fraction of sp³-hybridized carbons (Fsp3) is 0.250. The first kappa shape index (κ1) is 23.3. The highest BCUT2D eigenvalue weighted by Gasteiger charge is 2.51. The van der Waals surface area contributed by atoms with Crippen LogP contribution < -0.4 is 0 Å². The van der Waals surface area contributed by atoms with Crippen molar-refractivity contribution in [3.05, 3.63) is 86.4 Å². The van der Waals surface area contributed by atoms with Crippen LogP contribution in [0.5, 0.6) is 0 Å². The molecule has 34 heavy (non-hydrogen) atoms. The summed E-state index contributed by atoms with van der Waals surface area (Å²) < 4.78 is 0. The number of ketones is 1. The zero-order chi connectivity index (χ0) is 24.6. The lowest BCUT2D eigenvalue weighted by Gasteiger charge is -2.30. The number of nitro groups is 1. The Kier molecular flexibility index (Phi) is 6.30. The summed E-state index contributed by atoms with van der Waals surface area (Å²) in [7, 11) is 0. The van der Waals surface area contributed by atoms with Gasteiger partial charge in [0.1, 0.15) is 6.54 Å². The van der Waals surface area contributed by atoms with Gasteiger partial charge >= 0.3 is 0 Å². The largest absolute Gasteiger partial charge is 0.292 e. The first-order chi connectivity index (χ1) is 16.2. The van der Waals surface area contributed by atoms with Gasteiger partial charge in [0.2, 0.25) is 0 Å². The molecule has 2 aromatic carbocycles. The molecule has 2 aromatic rings. The van der Waals surface area contributed by atoms with E-state index in [1.54, 1.807) is 0 Å². The number of nitro benzene ring substituents is 1. The van der Waals surface area contributed by atoms with Gasteiger partial charge in [0, 0.05) is 28.3 Å². The molecule has 0 aromatic heterocycles. The Morgan fingerprint density at radius 1 is 1.03 bits per heavy atom. The van der Waals surface area contributed by atoms with E-state index in [-0.39, 0.29) is 16.8 Å². The van der Waals surface area contributed by atoms with Gasteiger partial charge in [-0.3, -0.25) is 29.3 Å². The average molecular weight is 482 g/mol. The van der Waals surface area contributed by atoms with Crippen molar-refractivity contribution in [1.82, 2.24) is 10.0 Å². The molecule has 1 saturated heterocycles. The summed E-state index contributed by atoms with van der Waals surface area (Å²) in [4.78, 5) is 63.2. The van der Waals surface area contributed by atoms with Gasteiger partial charge in [-0.25, -0.2) is 5.01 Å².